The van der Waals surface area contributed by atoms with Crippen molar-refractivity contribution in [2.45, 2.75) is 13.8 Å². The van der Waals surface area contributed by atoms with E-state index in [9.17, 15) is 4.57 Å². The quantitative estimate of drug-likeness (QED) is 0.635. The van der Waals surface area contributed by atoms with Crippen LogP contribution in [0.5, 0.6) is 0 Å². The van der Waals surface area contributed by atoms with Crippen molar-refractivity contribution >= 4 is 7.52 Å². The Kier molecular flexibility index (Phi) is 4.47. The summed E-state index contributed by atoms with van der Waals surface area (Å²) in [6.07, 6.45) is 0. The summed E-state index contributed by atoms with van der Waals surface area (Å²) >= 11 is 0. The Labute approximate surface area is 73.6 Å². The molecule has 0 spiro atoms. The molecule has 0 aliphatic rings. The summed E-state index contributed by atoms with van der Waals surface area (Å²) in [6, 6.07) is 0. The second kappa shape index (κ2) is 4.61. The smallest absolute Gasteiger partial charge is 0.307 e. The zero-order valence-electron chi connectivity index (χ0n) is 7.94. The maximum absolute atomic E-state index is 11.5. The second-order valence-corrected chi connectivity index (χ2v) is 5.46. The standard InChI is InChI=1S/C7H15N2O2P/c1-7(2)5-11-12(10,6-8)9(3)4/h7H,5H2,1-4H3. The van der Waals surface area contributed by atoms with E-state index in [1.807, 2.05) is 13.8 Å². The third-order valence-corrected chi connectivity index (χ3v) is 3.04. The molecule has 1 atom stereocenters. The Balaban J connectivity index is 4.20. The fourth-order valence-corrected chi connectivity index (χ4v) is 1.45. The predicted molar refractivity (Wildman–Crippen MR) is 47.7 cm³/mol. The topological polar surface area (TPSA) is 53.3 Å². The molecule has 0 aromatic rings. The van der Waals surface area contributed by atoms with Gasteiger partial charge in [0.1, 0.15) is 0 Å². The summed E-state index contributed by atoms with van der Waals surface area (Å²) < 4.78 is 17.9. The summed E-state index contributed by atoms with van der Waals surface area (Å²) in [5.74, 6) is 1.98. The number of nitriles is 1. The van der Waals surface area contributed by atoms with Crippen molar-refractivity contribution in [3.63, 3.8) is 0 Å². The minimum atomic E-state index is -3.19. The van der Waals surface area contributed by atoms with Crippen LogP contribution in [0, 0.1) is 17.0 Å². The lowest BCUT2D eigenvalue weighted by atomic mass is 10.2. The van der Waals surface area contributed by atoms with Gasteiger partial charge in [-0.25, -0.2) is 4.67 Å². The molecule has 0 fully saturated rings. The van der Waals surface area contributed by atoms with Crippen LogP contribution in [0.25, 0.3) is 0 Å². The van der Waals surface area contributed by atoms with Gasteiger partial charge >= 0.3 is 7.52 Å². The van der Waals surface area contributed by atoms with E-state index < -0.39 is 7.52 Å². The molecule has 0 aliphatic heterocycles. The maximum Gasteiger partial charge on any atom is 0.370 e. The van der Waals surface area contributed by atoms with Crippen LogP contribution in [-0.2, 0) is 9.09 Å². The normalized spacial score (nSPS) is 16.1. The Hall–Kier alpha value is -0.360. The van der Waals surface area contributed by atoms with Crippen LogP contribution < -0.4 is 0 Å². The molecule has 70 valence electrons. The Bertz CT molecular complexity index is 220. The highest BCUT2D eigenvalue weighted by atomic mass is 31.2. The minimum absolute atomic E-state index is 0.284. The fourth-order valence-electron chi connectivity index (χ4n) is 0.484. The van der Waals surface area contributed by atoms with Gasteiger partial charge < -0.3 is 4.52 Å². The molecule has 0 amide bonds. The first-order valence-corrected chi connectivity index (χ1v) is 5.34. The summed E-state index contributed by atoms with van der Waals surface area (Å²) in [5, 5.41) is 8.59. The molecule has 0 N–H and O–H groups in total. The second-order valence-electron chi connectivity index (χ2n) is 3.16. The molecule has 0 aromatic carbocycles. The SMILES string of the molecule is CC(C)COP(=O)(C#N)N(C)C. The monoisotopic (exact) mass is 190 g/mol. The van der Waals surface area contributed by atoms with E-state index >= 15 is 0 Å². The first-order valence-electron chi connectivity index (χ1n) is 3.76. The van der Waals surface area contributed by atoms with Crippen molar-refractivity contribution in [3.05, 3.63) is 0 Å². The van der Waals surface area contributed by atoms with Crippen LogP contribution in [0.4, 0.5) is 0 Å². The average Bonchev–Trinajstić information content (AvgIpc) is 1.99. The van der Waals surface area contributed by atoms with Crippen LogP contribution in [-0.4, -0.2) is 25.4 Å². The number of hydrogen-bond donors (Lipinski definition) is 0. The van der Waals surface area contributed by atoms with Gasteiger partial charge in [-0.2, -0.15) is 5.26 Å². The van der Waals surface area contributed by atoms with Gasteiger partial charge in [-0.3, -0.25) is 4.57 Å². The van der Waals surface area contributed by atoms with E-state index in [1.165, 1.54) is 4.67 Å². The van der Waals surface area contributed by atoms with E-state index in [0.29, 0.717) is 6.61 Å². The molecule has 0 aliphatic carbocycles. The maximum atomic E-state index is 11.5. The van der Waals surface area contributed by atoms with Crippen molar-refractivity contribution < 1.29 is 9.09 Å². The minimum Gasteiger partial charge on any atom is -0.307 e. The molecule has 0 rings (SSSR count). The molecule has 0 radical (unpaired) electrons. The molecule has 4 nitrogen and oxygen atoms in total. The van der Waals surface area contributed by atoms with E-state index in [-0.39, 0.29) is 5.92 Å². The predicted octanol–water partition coefficient (Wildman–Crippen LogP) is 1.89. The van der Waals surface area contributed by atoms with Crippen LogP contribution in [0.2, 0.25) is 0 Å². The Morgan fingerprint density at radius 1 is 1.58 bits per heavy atom. The molecule has 12 heavy (non-hydrogen) atoms. The summed E-state index contributed by atoms with van der Waals surface area (Å²) in [4.78, 5) is 0. The third-order valence-electron chi connectivity index (χ3n) is 1.24. The molecular weight excluding hydrogens is 175 g/mol. The largest absolute Gasteiger partial charge is 0.370 e. The van der Waals surface area contributed by atoms with Crippen LogP contribution in [0.1, 0.15) is 13.8 Å². The molecule has 0 aromatic heterocycles. The van der Waals surface area contributed by atoms with Gasteiger partial charge in [0, 0.05) is 0 Å². The highest BCUT2D eigenvalue weighted by Crippen LogP contribution is 2.47. The van der Waals surface area contributed by atoms with E-state index in [0.717, 1.165) is 0 Å². The van der Waals surface area contributed by atoms with Gasteiger partial charge in [-0.15, -0.1) is 0 Å². The van der Waals surface area contributed by atoms with E-state index in [4.69, 9.17) is 9.79 Å². The third kappa shape index (κ3) is 3.36. The van der Waals surface area contributed by atoms with Crippen LogP contribution in [0.3, 0.4) is 0 Å². The van der Waals surface area contributed by atoms with Gasteiger partial charge in [0.25, 0.3) is 0 Å². The lowest BCUT2D eigenvalue weighted by Crippen LogP contribution is -2.11. The van der Waals surface area contributed by atoms with Gasteiger partial charge in [0.2, 0.25) is 0 Å². The van der Waals surface area contributed by atoms with Gasteiger partial charge in [-0.1, -0.05) is 13.8 Å². The molecule has 0 saturated carbocycles. The van der Waals surface area contributed by atoms with E-state index in [1.54, 1.807) is 19.9 Å². The number of nitrogens with zero attached hydrogens (tertiary/aromatic N) is 2. The summed E-state index contributed by atoms with van der Waals surface area (Å²) in [5.41, 5.74) is 0. The van der Waals surface area contributed by atoms with Crippen molar-refractivity contribution in [2.24, 2.45) is 5.92 Å². The zero-order valence-corrected chi connectivity index (χ0v) is 8.84. The van der Waals surface area contributed by atoms with Gasteiger partial charge in [0.15, 0.2) is 5.81 Å². The Morgan fingerprint density at radius 2 is 2.08 bits per heavy atom. The van der Waals surface area contributed by atoms with Gasteiger partial charge in [0.05, 0.1) is 6.61 Å². The highest BCUT2D eigenvalue weighted by molar-refractivity contribution is 7.61. The van der Waals surface area contributed by atoms with Crippen molar-refractivity contribution in [2.75, 3.05) is 20.7 Å². The molecule has 0 heterocycles. The lowest BCUT2D eigenvalue weighted by molar-refractivity contribution is 0.253. The number of rotatable bonds is 4. The average molecular weight is 190 g/mol. The highest BCUT2D eigenvalue weighted by Gasteiger charge is 2.25. The van der Waals surface area contributed by atoms with Crippen molar-refractivity contribution in [1.29, 1.82) is 5.26 Å². The first-order chi connectivity index (χ1) is 5.42. The lowest BCUT2D eigenvalue weighted by Gasteiger charge is -2.18. The molecular formula is C7H15N2O2P. The van der Waals surface area contributed by atoms with Crippen LogP contribution >= 0.6 is 7.52 Å². The molecule has 0 bridgehead atoms. The van der Waals surface area contributed by atoms with E-state index in [2.05, 4.69) is 0 Å². The number of hydrogen-bond acceptors (Lipinski definition) is 3. The van der Waals surface area contributed by atoms with Crippen LogP contribution in [0.15, 0.2) is 0 Å². The molecule has 0 saturated heterocycles. The summed E-state index contributed by atoms with van der Waals surface area (Å²) in [6.45, 7) is 4.23. The molecule has 1 unspecified atom stereocenters. The first kappa shape index (κ1) is 11.6. The van der Waals surface area contributed by atoms with Crippen molar-refractivity contribution in [3.8, 4) is 5.81 Å². The zero-order chi connectivity index (χ0) is 9.78. The fraction of sp³-hybridized carbons (Fsp3) is 0.857. The van der Waals surface area contributed by atoms with Gasteiger partial charge in [-0.05, 0) is 20.0 Å². The van der Waals surface area contributed by atoms with Crippen molar-refractivity contribution in [1.82, 2.24) is 4.67 Å². The molecule has 5 heteroatoms. The Morgan fingerprint density at radius 3 is 2.33 bits per heavy atom. The summed E-state index contributed by atoms with van der Waals surface area (Å²) in [7, 11) is -0.0397.